The molecule has 7 heteroatoms. The molecule has 2 rings (SSSR count). The first-order valence-corrected chi connectivity index (χ1v) is 6.03. The molecule has 0 radical (unpaired) electrons. The SMILES string of the molecule is COC(=O)C1COCCN1C(=O)N1CCOCC1. The lowest BCUT2D eigenvalue weighted by atomic mass is 10.2. The van der Waals surface area contributed by atoms with E-state index in [0.29, 0.717) is 39.5 Å². The normalized spacial score (nSPS) is 24.8. The molecule has 102 valence electrons. The van der Waals surface area contributed by atoms with Crippen LogP contribution in [0.3, 0.4) is 0 Å². The van der Waals surface area contributed by atoms with Crippen LogP contribution in [0, 0.1) is 0 Å². The summed E-state index contributed by atoms with van der Waals surface area (Å²) in [5.41, 5.74) is 0. The second kappa shape index (κ2) is 6.01. The minimum atomic E-state index is -0.640. The van der Waals surface area contributed by atoms with E-state index in [0.717, 1.165) is 0 Å². The number of amides is 2. The highest BCUT2D eigenvalue weighted by Crippen LogP contribution is 2.12. The van der Waals surface area contributed by atoms with Crippen molar-refractivity contribution < 1.29 is 23.8 Å². The minimum Gasteiger partial charge on any atom is -0.467 e. The van der Waals surface area contributed by atoms with Crippen LogP contribution >= 0.6 is 0 Å². The maximum Gasteiger partial charge on any atom is 0.331 e. The summed E-state index contributed by atoms with van der Waals surface area (Å²) in [6.07, 6.45) is 0. The zero-order valence-electron chi connectivity index (χ0n) is 10.5. The molecule has 2 saturated heterocycles. The third kappa shape index (κ3) is 2.73. The summed E-state index contributed by atoms with van der Waals surface area (Å²) in [6.45, 7) is 3.26. The second-order valence-electron chi connectivity index (χ2n) is 4.19. The topological polar surface area (TPSA) is 68.3 Å². The van der Waals surface area contributed by atoms with Gasteiger partial charge in [-0.1, -0.05) is 0 Å². The van der Waals surface area contributed by atoms with Gasteiger partial charge in [0, 0.05) is 19.6 Å². The van der Waals surface area contributed by atoms with Crippen LogP contribution in [0.25, 0.3) is 0 Å². The molecule has 0 N–H and O–H groups in total. The third-order valence-corrected chi connectivity index (χ3v) is 3.13. The van der Waals surface area contributed by atoms with Gasteiger partial charge in [-0.05, 0) is 0 Å². The molecule has 0 spiro atoms. The highest BCUT2D eigenvalue weighted by atomic mass is 16.5. The number of ether oxygens (including phenoxy) is 3. The maximum absolute atomic E-state index is 12.3. The zero-order valence-corrected chi connectivity index (χ0v) is 10.5. The lowest BCUT2D eigenvalue weighted by Crippen LogP contribution is -2.58. The summed E-state index contributed by atoms with van der Waals surface area (Å²) in [4.78, 5) is 27.2. The third-order valence-electron chi connectivity index (χ3n) is 3.13. The number of nitrogens with zero attached hydrogens (tertiary/aromatic N) is 2. The minimum absolute atomic E-state index is 0.142. The first-order valence-electron chi connectivity index (χ1n) is 6.03. The van der Waals surface area contributed by atoms with Crippen molar-refractivity contribution in [2.24, 2.45) is 0 Å². The average molecular weight is 258 g/mol. The largest absolute Gasteiger partial charge is 0.467 e. The van der Waals surface area contributed by atoms with E-state index in [1.54, 1.807) is 4.90 Å². The molecule has 1 unspecified atom stereocenters. The number of esters is 1. The number of hydrogen-bond donors (Lipinski definition) is 0. The van der Waals surface area contributed by atoms with Crippen molar-refractivity contribution >= 4 is 12.0 Å². The standard InChI is InChI=1S/C11H18N2O5/c1-16-10(14)9-8-18-7-4-13(9)11(15)12-2-5-17-6-3-12/h9H,2-8H2,1H3. The van der Waals surface area contributed by atoms with Crippen LogP contribution in [0.15, 0.2) is 0 Å². The van der Waals surface area contributed by atoms with Gasteiger partial charge in [0.2, 0.25) is 0 Å². The molecule has 2 aliphatic heterocycles. The summed E-state index contributed by atoms with van der Waals surface area (Å²) in [5, 5.41) is 0. The molecule has 18 heavy (non-hydrogen) atoms. The van der Waals surface area contributed by atoms with Gasteiger partial charge in [-0.15, -0.1) is 0 Å². The highest BCUT2D eigenvalue weighted by Gasteiger charge is 2.36. The van der Waals surface area contributed by atoms with Crippen molar-refractivity contribution in [2.75, 3.05) is 53.2 Å². The molecule has 2 fully saturated rings. The van der Waals surface area contributed by atoms with Gasteiger partial charge in [0.25, 0.3) is 0 Å². The zero-order chi connectivity index (χ0) is 13.0. The van der Waals surface area contributed by atoms with Crippen LogP contribution < -0.4 is 0 Å². The fraction of sp³-hybridized carbons (Fsp3) is 0.818. The van der Waals surface area contributed by atoms with Gasteiger partial charge in [0.1, 0.15) is 0 Å². The first-order chi connectivity index (χ1) is 8.74. The van der Waals surface area contributed by atoms with Gasteiger partial charge in [-0.3, -0.25) is 0 Å². The Morgan fingerprint density at radius 1 is 1.11 bits per heavy atom. The Bertz CT molecular complexity index is 317. The molecule has 7 nitrogen and oxygen atoms in total. The quantitative estimate of drug-likeness (QED) is 0.582. The first kappa shape index (κ1) is 13.1. The molecule has 0 aliphatic carbocycles. The predicted molar refractivity (Wildman–Crippen MR) is 61.1 cm³/mol. The van der Waals surface area contributed by atoms with Crippen LogP contribution in [0.2, 0.25) is 0 Å². The maximum atomic E-state index is 12.3. The van der Waals surface area contributed by atoms with Crippen molar-refractivity contribution in [1.82, 2.24) is 9.80 Å². The number of rotatable bonds is 1. The van der Waals surface area contributed by atoms with Crippen molar-refractivity contribution in [1.29, 1.82) is 0 Å². The summed E-state index contributed by atoms with van der Waals surface area (Å²) in [5.74, 6) is -0.434. The summed E-state index contributed by atoms with van der Waals surface area (Å²) >= 11 is 0. The Morgan fingerprint density at radius 3 is 2.44 bits per heavy atom. The number of carbonyl (C=O) groups is 2. The molecule has 0 aromatic rings. The van der Waals surface area contributed by atoms with Crippen molar-refractivity contribution in [3.63, 3.8) is 0 Å². The second-order valence-corrected chi connectivity index (χ2v) is 4.19. The summed E-state index contributed by atoms with van der Waals surface area (Å²) < 4.78 is 15.1. The van der Waals surface area contributed by atoms with Crippen molar-refractivity contribution in [3.05, 3.63) is 0 Å². The van der Waals surface area contributed by atoms with Crippen LogP contribution in [0.4, 0.5) is 4.79 Å². The lowest BCUT2D eigenvalue weighted by Gasteiger charge is -2.38. The van der Waals surface area contributed by atoms with Gasteiger partial charge >= 0.3 is 12.0 Å². The van der Waals surface area contributed by atoms with E-state index in [4.69, 9.17) is 14.2 Å². The fourth-order valence-corrected chi connectivity index (χ4v) is 2.10. The highest BCUT2D eigenvalue weighted by molar-refractivity contribution is 5.84. The van der Waals surface area contributed by atoms with Gasteiger partial charge in [-0.25, -0.2) is 9.59 Å². The molecular formula is C11H18N2O5. The van der Waals surface area contributed by atoms with E-state index >= 15 is 0 Å². The molecule has 2 amide bonds. The van der Waals surface area contributed by atoms with Crippen LogP contribution in [0.1, 0.15) is 0 Å². The van der Waals surface area contributed by atoms with Gasteiger partial charge in [0.05, 0.1) is 33.5 Å². The molecular weight excluding hydrogens is 240 g/mol. The number of morpholine rings is 2. The Hall–Kier alpha value is -1.34. The number of methoxy groups -OCH3 is 1. The van der Waals surface area contributed by atoms with Crippen LogP contribution in [0.5, 0.6) is 0 Å². The summed E-state index contributed by atoms with van der Waals surface area (Å²) in [7, 11) is 1.31. The molecule has 0 bridgehead atoms. The fourth-order valence-electron chi connectivity index (χ4n) is 2.10. The van der Waals surface area contributed by atoms with Crippen molar-refractivity contribution in [2.45, 2.75) is 6.04 Å². The van der Waals surface area contributed by atoms with Gasteiger partial charge < -0.3 is 24.0 Å². The van der Waals surface area contributed by atoms with E-state index in [-0.39, 0.29) is 12.6 Å². The Balaban J connectivity index is 2.03. The van der Waals surface area contributed by atoms with E-state index < -0.39 is 12.0 Å². The van der Waals surface area contributed by atoms with Crippen LogP contribution in [-0.4, -0.2) is 81.0 Å². The van der Waals surface area contributed by atoms with E-state index in [1.165, 1.54) is 12.0 Å². The molecule has 2 aliphatic rings. The van der Waals surface area contributed by atoms with Gasteiger partial charge in [0.15, 0.2) is 6.04 Å². The molecule has 0 saturated carbocycles. The number of carbonyl (C=O) groups excluding carboxylic acids is 2. The Kier molecular flexibility index (Phi) is 4.38. The molecule has 2 heterocycles. The Labute approximate surface area is 106 Å². The monoisotopic (exact) mass is 258 g/mol. The molecule has 0 aromatic heterocycles. The summed E-state index contributed by atoms with van der Waals surface area (Å²) in [6, 6.07) is -0.781. The van der Waals surface area contributed by atoms with Crippen molar-refractivity contribution in [3.8, 4) is 0 Å². The van der Waals surface area contributed by atoms with Crippen LogP contribution in [-0.2, 0) is 19.0 Å². The van der Waals surface area contributed by atoms with E-state index in [9.17, 15) is 9.59 Å². The van der Waals surface area contributed by atoms with E-state index in [1.807, 2.05) is 0 Å². The Morgan fingerprint density at radius 2 is 1.78 bits per heavy atom. The molecule has 0 aromatic carbocycles. The number of hydrogen-bond acceptors (Lipinski definition) is 5. The van der Waals surface area contributed by atoms with E-state index in [2.05, 4.69) is 0 Å². The van der Waals surface area contributed by atoms with Gasteiger partial charge in [-0.2, -0.15) is 0 Å². The molecule has 1 atom stereocenters. The average Bonchev–Trinajstić information content (AvgIpc) is 2.46. The smallest absolute Gasteiger partial charge is 0.331 e. The predicted octanol–water partition coefficient (Wildman–Crippen LogP) is -0.688. The lowest BCUT2D eigenvalue weighted by molar-refractivity contribution is -0.151. The number of urea groups is 1.